The maximum Gasteiger partial charge on any atom is 0.405 e. The maximum absolute atomic E-state index is 12.7. The number of carbonyl (C=O) groups excluding carboxylic acids is 1. The molecule has 0 saturated carbocycles. The minimum absolute atomic E-state index is 0.166. The van der Waals surface area contributed by atoms with Crippen molar-refractivity contribution in [1.29, 1.82) is 0 Å². The molecule has 0 aromatic rings. The van der Waals surface area contributed by atoms with Crippen LogP contribution in [0, 0.1) is 5.41 Å². The van der Waals surface area contributed by atoms with Gasteiger partial charge in [-0.15, -0.1) is 0 Å². The normalized spacial score (nSPS) is 20.6. The highest BCUT2D eigenvalue weighted by Crippen LogP contribution is 2.46. The van der Waals surface area contributed by atoms with Gasteiger partial charge in [0, 0.05) is 20.0 Å². The second-order valence-electron chi connectivity index (χ2n) is 3.89. The van der Waals surface area contributed by atoms with E-state index in [0.717, 1.165) is 0 Å². The van der Waals surface area contributed by atoms with Crippen molar-refractivity contribution in [2.45, 2.75) is 25.9 Å². The minimum Gasteiger partial charge on any atom is -0.481 e. The summed E-state index contributed by atoms with van der Waals surface area (Å²) in [4.78, 5) is 22.9. The summed E-state index contributed by atoms with van der Waals surface area (Å²) in [5, 5.41) is 8.73. The number of rotatable bonds is 1. The first-order valence-electron chi connectivity index (χ1n) is 4.76. The van der Waals surface area contributed by atoms with E-state index in [-0.39, 0.29) is 19.0 Å². The molecule has 1 rings (SSSR count). The molecule has 92 valence electrons. The van der Waals surface area contributed by atoms with Gasteiger partial charge in [0.2, 0.25) is 5.91 Å². The van der Waals surface area contributed by atoms with Crippen molar-refractivity contribution in [3.8, 4) is 0 Å². The van der Waals surface area contributed by atoms with Gasteiger partial charge < -0.3 is 10.0 Å². The number of hydrogen-bond donors (Lipinski definition) is 1. The van der Waals surface area contributed by atoms with Crippen LogP contribution in [0.3, 0.4) is 0 Å². The molecule has 16 heavy (non-hydrogen) atoms. The van der Waals surface area contributed by atoms with Crippen molar-refractivity contribution in [3.05, 3.63) is 0 Å². The van der Waals surface area contributed by atoms with Crippen LogP contribution in [0.5, 0.6) is 0 Å². The Bertz CT molecular complexity index is 306. The van der Waals surface area contributed by atoms with E-state index in [2.05, 4.69) is 0 Å². The van der Waals surface area contributed by atoms with Crippen LogP contribution >= 0.6 is 0 Å². The predicted molar refractivity (Wildman–Crippen MR) is 47.6 cm³/mol. The molecule has 7 heteroatoms. The van der Waals surface area contributed by atoms with E-state index in [1.165, 1.54) is 11.8 Å². The van der Waals surface area contributed by atoms with Gasteiger partial charge in [-0.3, -0.25) is 9.59 Å². The molecule has 0 aliphatic carbocycles. The largest absolute Gasteiger partial charge is 0.481 e. The average molecular weight is 239 g/mol. The van der Waals surface area contributed by atoms with Crippen LogP contribution in [0.25, 0.3) is 0 Å². The topological polar surface area (TPSA) is 57.6 Å². The van der Waals surface area contributed by atoms with Gasteiger partial charge in [-0.25, -0.2) is 0 Å². The second-order valence-corrected chi connectivity index (χ2v) is 3.89. The lowest BCUT2D eigenvalue weighted by molar-refractivity contribution is -0.241. The van der Waals surface area contributed by atoms with Crippen LogP contribution < -0.4 is 0 Å². The first-order valence-corrected chi connectivity index (χ1v) is 4.76. The van der Waals surface area contributed by atoms with Gasteiger partial charge in [-0.1, -0.05) is 0 Å². The smallest absolute Gasteiger partial charge is 0.405 e. The molecule has 0 aromatic heterocycles. The Morgan fingerprint density at radius 3 is 1.94 bits per heavy atom. The van der Waals surface area contributed by atoms with Crippen LogP contribution in [-0.2, 0) is 9.59 Å². The number of alkyl halides is 3. The Morgan fingerprint density at radius 1 is 1.25 bits per heavy atom. The van der Waals surface area contributed by atoms with Gasteiger partial charge in [0.05, 0.1) is 0 Å². The number of carboxylic acids is 1. The van der Waals surface area contributed by atoms with Crippen LogP contribution in [0.15, 0.2) is 0 Å². The number of carboxylic acid groups (broad SMARTS) is 1. The van der Waals surface area contributed by atoms with Crippen LogP contribution in [0.1, 0.15) is 19.8 Å². The summed E-state index contributed by atoms with van der Waals surface area (Å²) in [5.74, 6) is -2.19. The van der Waals surface area contributed by atoms with Gasteiger partial charge in [-0.05, 0) is 12.8 Å². The van der Waals surface area contributed by atoms with E-state index in [9.17, 15) is 22.8 Å². The summed E-state index contributed by atoms with van der Waals surface area (Å²) in [5.41, 5.74) is -2.70. The summed E-state index contributed by atoms with van der Waals surface area (Å²) < 4.78 is 38.1. The highest BCUT2D eigenvalue weighted by atomic mass is 19.4. The molecule has 1 amide bonds. The average Bonchev–Trinajstić information content (AvgIpc) is 2.15. The van der Waals surface area contributed by atoms with Gasteiger partial charge in [0.1, 0.15) is 0 Å². The Labute approximate surface area is 90.0 Å². The summed E-state index contributed by atoms with van der Waals surface area (Å²) in [7, 11) is 0. The molecule has 0 spiro atoms. The fraction of sp³-hybridized carbons (Fsp3) is 0.778. The van der Waals surface area contributed by atoms with Crippen molar-refractivity contribution < 1.29 is 27.9 Å². The van der Waals surface area contributed by atoms with Crippen molar-refractivity contribution in [1.82, 2.24) is 4.90 Å². The van der Waals surface area contributed by atoms with Crippen LogP contribution in [0.2, 0.25) is 0 Å². The van der Waals surface area contributed by atoms with Crippen LogP contribution in [-0.4, -0.2) is 41.1 Å². The summed E-state index contributed by atoms with van der Waals surface area (Å²) in [6, 6.07) is 0. The van der Waals surface area contributed by atoms with Crippen molar-refractivity contribution >= 4 is 11.9 Å². The number of nitrogens with zero attached hydrogens (tertiary/aromatic N) is 1. The Hall–Kier alpha value is -1.27. The monoisotopic (exact) mass is 239 g/mol. The summed E-state index contributed by atoms with van der Waals surface area (Å²) in [6.45, 7) is 0.920. The molecular weight excluding hydrogens is 227 g/mol. The Morgan fingerprint density at radius 2 is 1.69 bits per heavy atom. The first kappa shape index (κ1) is 12.8. The van der Waals surface area contributed by atoms with Gasteiger partial charge >= 0.3 is 12.1 Å². The molecule has 1 heterocycles. The zero-order valence-electron chi connectivity index (χ0n) is 8.67. The summed E-state index contributed by atoms with van der Waals surface area (Å²) >= 11 is 0. The second kappa shape index (κ2) is 3.95. The number of likely N-dealkylation sites (tertiary alicyclic amines) is 1. The number of amides is 1. The zero-order valence-corrected chi connectivity index (χ0v) is 8.67. The van der Waals surface area contributed by atoms with E-state index in [1.807, 2.05) is 0 Å². The minimum atomic E-state index is -4.78. The van der Waals surface area contributed by atoms with E-state index < -0.39 is 30.4 Å². The van der Waals surface area contributed by atoms with E-state index in [0.29, 0.717) is 0 Å². The Balaban J connectivity index is 2.87. The molecule has 4 nitrogen and oxygen atoms in total. The number of hydrogen-bond acceptors (Lipinski definition) is 2. The SMILES string of the molecule is CC(=O)N1CCC(C(=O)O)(C(F)(F)F)CC1. The Kier molecular flexibility index (Phi) is 3.16. The highest BCUT2D eigenvalue weighted by Gasteiger charge is 2.61. The number of halogens is 3. The molecule has 0 aromatic carbocycles. The maximum atomic E-state index is 12.7. The molecule has 0 radical (unpaired) electrons. The quantitative estimate of drug-likeness (QED) is 0.749. The van der Waals surface area contributed by atoms with Gasteiger partial charge in [0.15, 0.2) is 5.41 Å². The van der Waals surface area contributed by atoms with E-state index in [4.69, 9.17) is 5.11 Å². The predicted octanol–water partition coefficient (Wildman–Crippen LogP) is 1.26. The van der Waals surface area contributed by atoms with Gasteiger partial charge in [0.25, 0.3) is 0 Å². The lowest BCUT2D eigenvalue weighted by atomic mass is 9.77. The molecule has 1 fully saturated rings. The first-order chi connectivity index (χ1) is 7.21. The number of aliphatic carboxylic acids is 1. The molecule has 0 bridgehead atoms. The molecule has 0 atom stereocenters. The lowest BCUT2D eigenvalue weighted by Crippen LogP contribution is -2.53. The summed E-state index contributed by atoms with van der Waals surface area (Å²) in [6.07, 6.45) is -5.93. The van der Waals surface area contributed by atoms with Crippen molar-refractivity contribution in [2.75, 3.05) is 13.1 Å². The van der Waals surface area contributed by atoms with E-state index >= 15 is 0 Å². The van der Waals surface area contributed by atoms with Crippen molar-refractivity contribution in [2.24, 2.45) is 5.41 Å². The third-order valence-electron chi connectivity index (χ3n) is 3.01. The van der Waals surface area contributed by atoms with Gasteiger partial charge in [-0.2, -0.15) is 13.2 Å². The third-order valence-corrected chi connectivity index (χ3v) is 3.01. The number of piperidine rings is 1. The molecule has 1 aliphatic rings. The fourth-order valence-electron chi connectivity index (χ4n) is 1.82. The van der Waals surface area contributed by atoms with Crippen LogP contribution in [0.4, 0.5) is 13.2 Å². The fourth-order valence-corrected chi connectivity index (χ4v) is 1.82. The molecule has 1 N–H and O–H groups in total. The number of carbonyl (C=O) groups is 2. The standard InChI is InChI=1S/C9H12F3NO3/c1-6(14)13-4-2-8(3-5-13,7(15)16)9(10,11)12/h2-5H2,1H3,(H,15,16). The molecule has 1 saturated heterocycles. The highest BCUT2D eigenvalue weighted by molar-refractivity contribution is 5.77. The third kappa shape index (κ3) is 1.98. The lowest BCUT2D eigenvalue weighted by Gasteiger charge is -2.39. The van der Waals surface area contributed by atoms with Crippen molar-refractivity contribution in [3.63, 3.8) is 0 Å². The van der Waals surface area contributed by atoms with E-state index in [1.54, 1.807) is 0 Å². The molecule has 0 unspecified atom stereocenters. The molecule has 1 aliphatic heterocycles. The molecular formula is C9H12F3NO3. The zero-order chi connectivity index (χ0) is 12.6.